The van der Waals surface area contributed by atoms with Crippen molar-refractivity contribution >= 4 is 11.8 Å². The van der Waals surface area contributed by atoms with Crippen molar-refractivity contribution in [2.45, 2.75) is 51.3 Å². The van der Waals surface area contributed by atoms with Crippen LogP contribution in [0.5, 0.6) is 5.75 Å². The molecule has 0 bridgehead atoms. The standard InChI is InChI=1S/C16H22N8OS/c1-4-5-23-15(19-21-22-23)10-26-16-20-18-14(24(16)17)9-25-13-7-11(2)6-12(3)8-13/h6-8H,4-5,9-10,17H2,1-3H3. The maximum atomic E-state index is 6.10. The third-order valence-electron chi connectivity index (χ3n) is 3.67. The molecule has 0 fully saturated rings. The van der Waals surface area contributed by atoms with Gasteiger partial charge in [-0.05, 0) is 54.0 Å². The number of aryl methyl sites for hydroxylation is 3. The van der Waals surface area contributed by atoms with Crippen LogP contribution in [-0.4, -0.2) is 35.1 Å². The zero-order valence-electron chi connectivity index (χ0n) is 15.1. The van der Waals surface area contributed by atoms with Crippen molar-refractivity contribution < 1.29 is 4.74 Å². The Bertz CT molecular complexity index is 855. The maximum Gasteiger partial charge on any atom is 0.210 e. The molecule has 0 amide bonds. The molecule has 2 N–H and O–H groups in total. The van der Waals surface area contributed by atoms with Gasteiger partial charge < -0.3 is 10.6 Å². The highest BCUT2D eigenvalue weighted by atomic mass is 32.2. The highest BCUT2D eigenvalue weighted by Gasteiger charge is 2.13. The predicted octanol–water partition coefficient (Wildman–Crippen LogP) is 1.88. The highest BCUT2D eigenvalue weighted by molar-refractivity contribution is 7.98. The van der Waals surface area contributed by atoms with Gasteiger partial charge in [0.05, 0.1) is 5.75 Å². The van der Waals surface area contributed by atoms with Crippen LogP contribution in [0, 0.1) is 13.8 Å². The van der Waals surface area contributed by atoms with E-state index in [2.05, 4.69) is 38.7 Å². The third-order valence-corrected chi connectivity index (χ3v) is 4.61. The van der Waals surface area contributed by atoms with Crippen LogP contribution in [0.4, 0.5) is 0 Å². The minimum absolute atomic E-state index is 0.251. The van der Waals surface area contributed by atoms with Gasteiger partial charge in [-0.25, -0.2) is 9.36 Å². The van der Waals surface area contributed by atoms with Crippen molar-refractivity contribution in [3.63, 3.8) is 0 Å². The Balaban J connectivity index is 1.61. The van der Waals surface area contributed by atoms with Gasteiger partial charge in [-0.2, -0.15) is 0 Å². The first-order chi connectivity index (χ1) is 12.6. The Kier molecular flexibility index (Phi) is 5.71. The summed E-state index contributed by atoms with van der Waals surface area (Å²) in [6.07, 6.45) is 0.968. The quantitative estimate of drug-likeness (QED) is 0.470. The monoisotopic (exact) mass is 374 g/mol. The van der Waals surface area contributed by atoms with Gasteiger partial charge in [-0.15, -0.1) is 15.3 Å². The number of tetrazole rings is 1. The first-order valence-corrected chi connectivity index (χ1v) is 9.33. The van der Waals surface area contributed by atoms with E-state index in [4.69, 9.17) is 10.6 Å². The van der Waals surface area contributed by atoms with Gasteiger partial charge in [0.25, 0.3) is 0 Å². The number of hydrogen-bond acceptors (Lipinski definition) is 8. The molecule has 3 rings (SSSR count). The molecule has 10 heteroatoms. The molecule has 9 nitrogen and oxygen atoms in total. The molecular formula is C16H22N8OS. The molecule has 2 heterocycles. The topological polar surface area (TPSA) is 110 Å². The second-order valence-electron chi connectivity index (χ2n) is 5.99. The predicted molar refractivity (Wildman–Crippen MR) is 98.1 cm³/mol. The molecule has 0 aliphatic rings. The minimum atomic E-state index is 0.251. The van der Waals surface area contributed by atoms with Crippen LogP contribution in [0.2, 0.25) is 0 Å². The second kappa shape index (κ2) is 8.17. The van der Waals surface area contributed by atoms with E-state index in [1.165, 1.54) is 16.4 Å². The summed E-state index contributed by atoms with van der Waals surface area (Å²) in [5.74, 6) is 8.80. The lowest BCUT2D eigenvalue weighted by Crippen LogP contribution is -2.16. The van der Waals surface area contributed by atoms with Crippen LogP contribution in [0.15, 0.2) is 23.4 Å². The van der Waals surface area contributed by atoms with Crippen LogP contribution >= 0.6 is 11.8 Å². The molecule has 0 radical (unpaired) electrons. The van der Waals surface area contributed by atoms with Crippen LogP contribution < -0.4 is 10.6 Å². The molecule has 0 saturated heterocycles. The van der Waals surface area contributed by atoms with Gasteiger partial charge in [0.2, 0.25) is 5.16 Å². The van der Waals surface area contributed by atoms with Gasteiger partial charge in [0.1, 0.15) is 12.4 Å². The van der Waals surface area contributed by atoms with Gasteiger partial charge in [0.15, 0.2) is 11.6 Å². The lowest BCUT2D eigenvalue weighted by molar-refractivity contribution is 0.291. The van der Waals surface area contributed by atoms with E-state index >= 15 is 0 Å². The van der Waals surface area contributed by atoms with Crippen LogP contribution in [0.1, 0.15) is 36.1 Å². The van der Waals surface area contributed by atoms with Crippen molar-refractivity contribution in [2.24, 2.45) is 0 Å². The number of nitrogens with zero attached hydrogens (tertiary/aromatic N) is 7. The molecule has 26 heavy (non-hydrogen) atoms. The second-order valence-corrected chi connectivity index (χ2v) is 6.93. The third kappa shape index (κ3) is 4.31. The number of rotatable bonds is 8. The summed E-state index contributed by atoms with van der Waals surface area (Å²) in [7, 11) is 0. The fourth-order valence-corrected chi connectivity index (χ4v) is 3.32. The zero-order chi connectivity index (χ0) is 18.5. The van der Waals surface area contributed by atoms with Gasteiger partial charge in [0, 0.05) is 6.54 Å². The normalized spacial score (nSPS) is 11.0. The lowest BCUT2D eigenvalue weighted by Gasteiger charge is -2.08. The number of thioether (sulfide) groups is 1. The number of nitrogens with two attached hydrogens (primary N) is 1. The van der Waals surface area contributed by atoms with E-state index in [1.807, 2.05) is 26.0 Å². The Morgan fingerprint density at radius 3 is 2.58 bits per heavy atom. The molecule has 0 spiro atoms. The molecule has 2 aromatic heterocycles. The van der Waals surface area contributed by atoms with Crippen molar-refractivity contribution in [1.82, 2.24) is 35.1 Å². The van der Waals surface area contributed by atoms with E-state index in [-0.39, 0.29) is 6.61 Å². The first-order valence-electron chi connectivity index (χ1n) is 8.35. The summed E-state index contributed by atoms with van der Waals surface area (Å²) < 4.78 is 9.03. The summed E-state index contributed by atoms with van der Waals surface area (Å²) in [6.45, 7) is 7.18. The average molecular weight is 374 g/mol. The van der Waals surface area contributed by atoms with E-state index in [1.54, 1.807) is 4.68 Å². The van der Waals surface area contributed by atoms with E-state index < -0.39 is 0 Å². The van der Waals surface area contributed by atoms with Crippen LogP contribution in [0.25, 0.3) is 0 Å². The lowest BCUT2D eigenvalue weighted by atomic mass is 10.1. The summed E-state index contributed by atoms with van der Waals surface area (Å²) in [5, 5.41) is 20.6. The van der Waals surface area contributed by atoms with Gasteiger partial charge >= 0.3 is 0 Å². The van der Waals surface area contributed by atoms with Crippen molar-refractivity contribution in [3.05, 3.63) is 41.0 Å². The first kappa shape index (κ1) is 18.2. The maximum absolute atomic E-state index is 6.10. The Morgan fingerprint density at radius 2 is 1.85 bits per heavy atom. The molecular weight excluding hydrogens is 352 g/mol. The molecule has 0 saturated carbocycles. The van der Waals surface area contributed by atoms with E-state index in [0.29, 0.717) is 16.7 Å². The van der Waals surface area contributed by atoms with Crippen molar-refractivity contribution in [1.29, 1.82) is 0 Å². The molecule has 0 atom stereocenters. The summed E-state index contributed by atoms with van der Waals surface area (Å²) in [6, 6.07) is 6.06. The summed E-state index contributed by atoms with van der Waals surface area (Å²) >= 11 is 1.44. The Labute approximate surface area is 155 Å². The van der Waals surface area contributed by atoms with Crippen LogP contribution in [-0.2, 0) is 18.9 Å². The SMILES string of the molecule is CCCn1nnnc1CSc1nnc(COc2cc(C)cc(C)c2)n1N. The fourth-order valence-electron chi connectivity index (χ4n) is 2.51. The summed E-state index contributed by atoms with van der Waals surface area (Å²) in [4.78, 5) is 0. The number of hydrogen-bond donors (Lipinski definition) is 1. The van der Waals surface area contributed by atoms with Gasteiger partial charge in [-0.1, -0.05) is 24.8 Å². The van der Waals surface area contributed by atoms with Crippen molar-refractivity contribution in [3.8, 4) is 5.75 Å². The van der Waals surface area contributed by atoms with Gasteiger partial charge in [-0.3, -0.25) is 0 Å². The minimum Gasteiger partial charge on any atom is -0.486 e. The highest BCUT2D eigenvalue weighted by Crippen LogP contribution is 2.21. The number of benzene rings is 1. The average Bonchev–Trinajstić information content (AvgIpc) is 3.17. The number of nitrogen functional groups attached to an aromatic ring is 1. The molecule has 3 aromatic rings. The molecule has 0 aliphatic heterocycles. The fraction of sp³-hybridized carbons (Fsp3) is 0.438. The van der Waals surface area contributed by atoms with Crippen LogP contribution in [0.3, 0.4) is 0 Å². The number of ether oxygens (including phenoxy) is 1. The Morgan fingerprint density at radius 1 is 1.08 bits per heavy atom. The molecule has 138 valence electrons. The molecule has 0 unspecified atom stereocenters. The Hall–Kier alpha value is -2.62. The van der Waals surface area contributed by atoms with Crippen molar-refractivity contribution in [2.75, 3.05) is 5.84 Å². The molecule has 0 aliphatic carbocycles. The van der Waals surface area contributed by atoms with E-state index in [9.17, 15) is 0 Å². The summed E-state index contributed by atoms with van der Waals surface area (Å²) in [5.41, 5.74) is 2.30. The largest absolute Gasteiger partial charge is 0.486 e. The zero-order valence-corrected chi connectivity index (χ0v) is 15.9. The molecule has 1 aromatic carbocycles. The smallest absolute Gasteiger partial charge is 0.210 e. The van der Waals surface area contributed by atoms with E-state index in [0.717, 1.165) is 35.7 Å². The number of aromatic nitrogens is 7.